The lowest BCUT2D eigenvalue weighted by atomic mass is 10.0. The maximum Gasteiger partial charge on any atom is 0.329 e. The second-order valence-electron chi connectivity index (χ2n) is 8.83. The van der Waals surface area contributed by atoms with E-state index < -0.39 is 5.97 Å². The molecule has 2 N–H and O–H groups in total. The number of aromatic nitrogens is 1. The summed E-state index contributed by atoms with van der Waals surface area (Å²) in [4.78, 5) is 25.5. The van der Waals surface area contributed by atoms with Gasteiger partial charge in [-0.2, -0.15) is 5.26 Å². The van der Waals surface area contributed by atoms with E-state index in [2.05, 4.69) is 6.07 Å². The predicted octanol–water partition coefficient (Wildman–Crippen LogP) is 4.01. The Balaban J connectivity index is 1.57. The van der Waals surface area contributed by atoms with Gasteiger partial charge in [0.15, 0.2) is 0 Å². The van der Waals surface area contributed by atoms with Gasteiger partial charge in [-0.15, -0.1) is 0 Å². The molecule has 1 aliphatic rings. The summed E-state index contributed by atoms with van der Waals surface area (Å²) in [5.41, 5.74) is 3.99. The van der Waals surface area contributed by atoms with E-state index in [0.717, 1.165) is 22.2 Å². The summed E-state index contributed by atoms with van der Waals surface area (Å²) in [6.07, 6.45) is 1.16. The number of piperidine rings is 1. The maximum absolute atomic E-state index is 13.2. The molecule has 0 aliphatic carbocycles. The lowest BCUT2D eigenvalue weighted by Crippen LogP contribution is -2.41. The van der Waals surface area contributed by atoms with Crippen molar-refractivity contribution in [1.29, 1.82) is 5.26 Å². The van der Waals surface area contributed by atoms with Gasteiger partial charge in [0, 0.05) is 53.7 Å². The number of nitriles is 1. The van der Waals surface area contributed by atoms with Crippen molar-refractivity contribution >= 4 is 34.4 Å². The third kappa shape index (κ3) is 4.97. The van der Waals surface area contributed by atoms with Gasteiger partial charge in [-0.3, -0.25) is 4.79 Å². The number of phenols is 1. The molecule has 2 heterocycles. The highest BCUT2D eigenvalue weighted by atomic mass is 35.5. The highest BCUT2D eigenvalue weighted by molar-refractivity contribution is 6.31. The van der Waals surface area contributed by atoms with Crippen molar-refractivity contribution in [3.8, 4) is 11.8 Å². The number of carbonyl (C=O) groups excluding carboxylic acids is 1. The molecule has 1 saturated heterocycles. The second-order valence-corrected chi connectivity index (χ2v) is 9.23. The molecule has 1 aromatic heterocycles. The lowest BCUT2D eigenvalue weighted by molar-refractivity contribution is -0.145. The number of aryl methyl sites for hydroxylation is 2. The number of carboxylic acids is 1. The first-order valence-corrected chi connectivity index (χ1v) is 11.7. The van der Waals surface area contributed by atoms with Crippen molar-refractivity contribution in [1.82, 2.24) is 9.47 Å². The number of aliphatic carboxylic acids is 1. The molecule has 0 atom stereocenters. The Kier molecular flexibility index (Phi) is 7.01. The van der Waals surface area contributed by atoms with Gasteiger partial charge in [0.2, 0.25) is 0 Å². The van der Waals surface area contributed by atoms with E-state index in [1.165, 1.54) is 6.07 Å². The number of halogens is 1. The Bertz CT molecular complexity index is 1350. The number of likely N-dealkylation sites (tertiary alicyclic amines) is 1. The zero-order valence-corrected chi connectivity index (χ0v) is 20.3. The molecular formula is C26H26ClN3O5. The molecule has 2 aromatic carbocycles. The van der Waals surface area contributed by atoms with Crippen LogP contribution in [0.5, 0.6) is 5.75 Å². The van der Waals surface area contributed by atoms with Gasteiger partial charge in [0.05, 0.1) is 23.3 Å². The number of ether oxygens (including phenoxy) is 1. The first-order valence-electron chi connectivity index (χ1n) is 11.3. The fourth-order valence-corrected chi connectivity index (χ4v) is 4.84. The summed E-state index contributed by atoms with van der Waals surface area (Å²) in [6.45, 7) is 2.41. The Hall–Kier alpha value is -3.54. The minimum absolute atomic E-state index is 0.147. The number of fused-ring (bicyclic) bond motifs is 1. The molecule has 0 bridgehead atoms. The third-order valence-corrected chi connectivity index (χ3v) is 6.94. The van der Waals surface area contributed by atoms with Crippen LogP contribution in [-0.2, 0) is 23.0 Å². The number of phenolic OH excluding ortho intramolecular Hbond substituents is 1. The molecule has 1 fully saturated rings. The molecule has 4 rings (SSSR count). The van der Waals surface area contributed by atoms with Crippen LogP contribution in [0.1, 0.15) is 45.6 Å². The van der Waals surface area contributed by atoms with Gasteiger partial charge in [-0.25, -0.2) is 4.79 Å². The number of carboxylic acid groups (broad SMARTS) is 1. The maximum atomic E-state index is 13.2. The van der Waals surface area contributed by atoms with Gasteiger partial charge in [-0.1, -0.05) is 11.6 Å². The van der Waals surface area contributed by atoms with Crippen LogP contribution in [0.4, 0.5) is 0 Å². The number of hydrogen-bond acceptors (Lipinski definition) is 5. The number of amides is 1. The quantitative estimate of drug-likeness (QED) is 0.533. The predicted molar refractivity (Wildman–Crippen MR) is 131 cm³/mol. The second kappa shape index (κ2) is 9.98. The molecule has 9 heteroatoms. The van der Waals surface area contributed by atoms with Crippen molar-refractivity contribution in [2.24, 2.45) is 7.05 Å². The van der Waals surface area contributed by atoms with E-state index >= 15 is 0 Å². The van der Waals surface area contributed by atoms with E-state index in [9.17, 15) is 20.0 Å². The third-order valence-electron chi connectivity index (χ3n) is 6.58. The Labute approximate surface area is 207 Å². The molecule has 0 radical (unpaired) electrons. The lowest BCUT2D eigenvalue weighted by Gasteiger charge is -2.32. The summed E-state index contributed by atoms with van der Waals surface area (Å²) < 4.78 is 7.31. The summed E-state index contributed by atoms with van der Waals surface area (Å²) >= 11 is 6.45. The zero-order chi connectivity index (χ0) is 25.3. The van der Waals surface area contributed by atoms with Crippen molar-refractivity contribution in [2.45, 2.75) is 32.3 Å². The molecule has 8 nitrogen and oxygen atoms in total. The Morgan fingerprint density at radius 2 is 1.94 bits per heavy atom. The van der Waals surface area contributed by atoms with E-state index in [4.69, 9.17) is 21.4 Å². The molecule has 1 aliphatic heterocycles. The molecule has 0 spiro atoms. The highest BCUT2D eigenvalue weighted by Gasteiger charge is 2.27. The first kappa shape index (κ1) is 24.6. The van der Waals surface area contributed by atoms with E-state index in [1.807, 2.05) is 36.7 Å². The minimum atomic E-state index is -1.02. The number of aromatic hydroxyl groups is 1. The van der Waals surface area contributed by atoms with Crippen molar-refractivity contribution in [2.75, 3.05) is 19.7 Å². The molecule has 0 saturated carbocycles. The average Bonchev–Trinajstić information content (AvgIpc) is 3.16. The fraction of sp³-hybridized carbons (Fsp3) is 0.346. The van der Waals surface area contributed by atoms with Crippen LogP contribution < -0.4 is 0 Å². The van der Waals surface area contributed by atoms with Gasteiger partial charge < -0.3 is 24.4 Å². The molecular weight excluding hydrogens is 470 g/mol. The van der Waals surface area contributed by atoms with Gasteiger partial charge in [0.25, 0.3) is 5.91 Å². The summed E-state index contributed by atoms with van der Waals surface area (Å²) in [5.74, 6) is -1.47. The van der Waals surface area contributed by atoms with Crippen molar-refractivity contribution in [3.05, 3.63) is 63.3 Å². The van der Waals surface area contributed by atoms with E-state index in [0.29, 0.717) is 48.5 Å². The van der Waals surface area contributed by atoms with Crippen LogP contribution in [-0.4, -0.2) is 57.4 Å². The van der Waals surface area contributed by atoms with Crippen LogP contribution in [0.25, 0.3) is 10.9 Å². The number of nitrogens with zero attached hydrogens (tertiary/aromatic N) is 3. The Morgan fingerprint density at radius 1 is 1.23 bits per heavy atom. The largest absolute Gasteiger partial charge is 0.507 e. The number of hydrogen-bond donors (Lipinski definition) is 2. The fourth-order valence-electron chi connectivity index (χ4n) is 4.62. The molecule has 35 heavy (non-hydrogen) atoms. The van der Waals surface area contributed by atoms with Gasteiger partial charge >= 0.3 is 5.97 Å². The monoisotopic (exact) mass is 495 g/mol. The standard InChI is InChI=1S/C26H26ClN3O5/c1-15-9-16(13-28)10-23-20(15)11-17(29(23)2)12-21-22(27)4-3-19(25(21)33)26(34)30-7-5-18(6-8-30)35-14-24(31)32/h3-4,9-11,18,33H,5-8,12,14H2,1-2H3,(H,31,32). The van der Waals surface area contributed by atoms with E-state index in [-0.39, 0.29) is 29.9 Å². The normalized spacial score (nSPS) is 14.3. The smallest absolute Gasteiger partial charge is 0.329 e. The first-order chi connectivity index (χ1) is 16.7. The van der Waals surface area contributed by atoms with Gasteiger partial charge in [0.1, 0.15) is 12.4 Å². The average molecular weight is 496 g/mol. The SMILES string of the molecule is Cc1cc(C#N)cc2c1cc(Cc1c(Cl)ccc(C(=O)N3CCC(OCC(=O)O)CC3)c1O)n2C. The van der Waals surface area contributed by atoms with E-state index in [1.54, 1.807) is 11.0 Å². The summed E-state index contributed by atoms with van der Waals surface area (Å²) in [7, 11) is 1.90. The number of rotatable bonds is 6. The van der Waals surface area contributed by atoms with Crippen LogP contribution in [0.3, 0.4) is 0 Å². The summed E-state index contributed by atoms with van der Waals surface area (Å²) in [6, 6.07) is 11.0. The molecule has 0 unspecified atom stereocenters. The molecule has 3 aromatic rings. The topological polar surface area (TPSA) is 116 Å². The van der Waals surface area contributed by atoms with Crippen LogP contribution >= 0.6 is 11.6 Å². The minimum Gasteiger partial charge on any atom is -0.507 e. The molecule has 1 amide bonds. The van der Waals surface area contributed by atoms with Crippen LogP contribution in [0, 0.1) is 18.3 Å². The van der Waals surface area contributed by atoms with Gasteiger partial charge in [-0.05, 0) is 55.7 Å². The highest BCUT2D eigenvalue weighted by Crippen LogP contribution is 2.34. The Morgan fingerprint density at radius 3 is 2.60 bits per heavy atom. The molecule has 182 valence electrons. The van der Waals surface area contributed by atoms with Crippen molar-refractivity contribution < 1.29 is 24.5 Å². The van der Waals surface area contributed by atoms with Crippen LogP contribution in [0.15, 0.2) is 30.3 Å². The number of benzene rings is 2. The van der Waals surface area contributed by atoms with Crippen LogP contribution in [0.2, 0.25) is 5.02 Å². The summed E-state index contributed by atoms with van der Waals surface area (Å²) in [5, 5.41) is 30.5. The number of carbonyl (C=O) groups is 2. The zero-order valence-electron chi connectivity index (χ0n) is 19.5. The van der Waals surface area contributed by atoms with Crippen molar-refractivity contribution in [3.63, 3.8) is 0 Å².